The molecule has 2 heterocycles. The zero-order valence-electron chi connectivity index (χ0n) is 12.7. The molecule has 1 saturated heterocycles. The minimum Gasteiger partial charge on any atom is -0.380 e. The molecular weight excluding hydrogens is 250 g/mol. The van der Waals surface area contributed by atoms with Gasteiger partial charge < -0.3 is 10.1 Å². The summed E-state index contributed by atoms with van der Waals surface area (Å²) in [4.78, 5) is 6.93. The van der Waals surface area contributed by atoms with Gasteiger partial charge >= 0.3 is 0 Å². The Morgan fingerprint density at radius 1 is 1.40 bits per heavy atom. The van der Waals surface area contributed by atoms with Gasteiger partial charge in [0.15, 0.2) is 0 Å². The average Bonchev–Trinajstić information content (AvgIpc) is 2.52. The molecule has 2 atom stereocenters. The average molecular weight is 277 g/mol. The zero-order valence-corrected chi connectivity index (χ0v) is 12.7. The second-order valence-electron chi connectivity index (χ2n) is 5.38. The normalized spacial score (nSPS) is 23.1. The number of nitrogens with zero attached hydrogens (tertiary/aromatic N) is 2. The molecule has 1 aliphatic heterocycles. The fourth-order valence-electron chi connectivity index (χ4n) is 2.81. The van der Waals surface area contributed by atoms with Gasteiger partial charge in [0.2, 0.25) is 0 Å². The first kappa shape index (κ1) is 15.4. The summed E-state index contributed by atoms with van der Waals surface area (Å²) in [6, 6.07) is 7.10. The van der Waals surface area contributed by atoms with E-state index in [1.807, 2.05) is 12.3 Å². The van der Waals surface area contributed by atoms with Crippen molar-refractivity contribution >= 4 is 0 Å². The molecule has 1 N–H and O–H groups in total. The van der Waals surface area contributed by atoms with Gasteiger partial charge in [0.05, 0.1) is 12.3 Å². The molecule has 2 unspecified atom stereocenters. The zero-order chi connectivity index (χ0) is 14.2. The highest BCUT2D eigenvalue weighted by Crippen LogP contribution is 2.16. The Kier molecular flexibility index (Phi) is 6.43. The van der Waals surface area contributed by atoms with Crippen LogP contribution in [0.4, 0.5) is 0 Å². The van der Waals surface area contributed by atoms with Gasteiger partial charge in [0, 0.05) is 31.4 Å². The second kappa shape index (κ2) is 8.35. The van der Waals surface area contributed by atoms with E-state index in [0.29, 0.717) is 12.1 Å². The van der Waals surface area contributed by atoms with Crippen molar-refractivity contribution in [3.63, 3.8) is 0 Å². The molecule has 0 spiro atoms. The molecule has 0 bridgehead atoms. The Bertz CT molecular complexity index is 371. The topological polar surface area (TPSA) is 37.4 Å². The van der Waals surface area contributed by atoms with Crippen molar-refractivity contribution in [3.05, 3.63) is 30.1 Å². The van der Waals surface area contributed by atoms with Gasteiger partial charge in [-0.1, -0.05) is 19.9 Å². The van der Waals surface area contributed by atoms with E-state index in [0.717, 1.165) is 45.0 Å². The van der Waals surface area contributed by atoms with Gasteiger partial charge in [0.25, 0.3) is 0 Å². The first-order chi connectivity index (χ1) is 9.85. The van der Waals surface area contributed by atoms with E-state index in [2.05, 4.69) is 41.2 Å². The van der Waals surface area contributed by atoms with Crippen LogP contribution in [0.2, 0.25) is 0 Å². The lowest BCUT2D eigenvalue weighted by Crippen LogP contribution is -2.55. The van der Waals surface area contributed by atoms with Crippen molar-refractivity contribution < 1.29 is 4.74 Å². The molecule has 1 aromatic rings. The fraction of sp³-hybridized carbons (Fsp3) is 0.688. The number of nitrogens with one attached hydrogen (secondary N) is 1. The molecule has 1 fully saturated rings. The minimum absolute atomic E-state index is 0.447. The maximum absolute atomic E-state index is 5.71. The van der Waals surface area contributed by atoms with E-state index >= 15 is 0 Å². The molecule has 0 radical (unpaired) electrons. The quantitative estimate of drug-likeness (QED) is 0.828. The summed E-state index contributed by atoms with van der Waals surface area (Å²) < 4.78 is 5.71. The number of hydrogen-bond donors (Lipinski definition) is 1. The fourth-order valence-corrected chi connectivity index (χ4v) is 2.81. The predicted octanol–water partition coefficient (Wildman–Crippen LogP) is 2.06. The van der Waals surface area contributed by atoms with Gasteiger partial charge in [0.1, 0.15) is 0 Å². The summed E-state index contributed by atoms with van der Waals surface area (Å²) >= 11 is 0. The van der Waals surface area contributed by atoms with Crippen LogP contribution in [-0.2, 0) is 11.3 Å². The van der Waals surface area contributed by atoms with Crippen LogP contribution in [0.25, 0.3) is 0 Å². The van der Waals surface area contributed by atoms with Gasteiger partial charge in [-0.3, -0.25) is 9.88 Å². The van der Waals surface area contributed by atoms with Crippen molar-refractivity contribution in [2.45, 2.75) is 45.3 Å². The van der Waals surface area contributed by atoms with Crippen molar-refractivity contribution in [1.29, 1.82) is 0 Å². The summed E-state index contributed by atoms with van der Waals surface area (Å²) in [6.07, 6.45) is 4.15. The lowest BCUT2D eigenvalue weighted by Gasteiger charge is -2.39. The van der Waals surface area contributed by atoms with Crippen molar-refractivity contribution in [2.75, 3.05) is 26.3 Å². The van der Waals surface area contributed by atoms with Crippen LogP contribution in [0.15, 0.2) is 24.4 Å². The molecule has 112 valence electrons. The van der Waals surface area contributed by atoms with Crippen LogP contribution in [0.1, 0.15) is 32.4 Å². The molecule has 0 aromatic carbocycles. The Labute approximate surface area is 122 Å². The molecule has 1 aromatic heterocycles. The summed E-state index contributed by atoms with van der Waals surface area (Å²) in [5.41, 5.74) is 1.13. The lowest BCUT2D eigenvalue weighted by atomic mass is 10.0. The number of pyridine rings is 1. The van der Waals surface area contributed by atoms with E-state index in [1.54, 1.807) is 0 Å². The number of aromatic nitrogens is 1. The number of likely N-dealkylation sites (N-methyl/N-ethyl adjacent to an activating group) is 1. The molecule has 20 heavy (non-hydrogen) atoms. The maximum atomic E-state index is 5.71. The Balaban J connectivity index is 1.99. The largest absolute Gasteiger partial charge is 0.380 e. The van der Waals surface area contributed by atoms with E-state index in [1.165, 1.54) is 6.42 Å². The third kappa shape index (κ3) is 4.27. The Morgan fingerprint density at radius 2 is 2.30 bits per heavy atom. The molecular formula is C16H27N3O. The molecule has 1 aliphatic rings. The van der Waals surface area contributed by atoms with E-state index in [9.17, 15) is 0 Å². The summed E-state index contributed by atoms with van der Waals surface area (Å²) in [5, 5.41) is 3.68. The smallest absolute Gasteiger partial charge is 0.0637 e. The molecule has 0 amide bonds. The SMILES string of the molecule is CCCNC1CCOCC1N(CC)Cc1ccccn1. The number of hydrogen-bond acceptors (Lipinski definition) is 4. The highest BCUT2D eigenvalue weighted by molar-refractivity contribution is 5.04. The van der Waals surface area contributed by atoms with Gasteiger partial charge in [-0.15, -0.1) is 0 Å². The van der Waals surface area contributed by atoms with E-state index in [4.69, 9.17) is 4.74 Å². The van der Waals surface area contributed by atoms with Crippen LogP contribution in [0.3, 0.4) is 0 Å². The van der Waals surface area contributed by atoms with Crippen LogP contribution in [0.5, 0.6) is 0 Å². The van der Waals surface area contributed by atoms with Gasteiger partial charge in [-0.25, -0.2) is 0 Å². The van der Waals surface area contributed by atoms with Gasteiger partial charge in [-0.05, 0) is 38.1 Å². The van der Waals surface area contributed by atoms with Crippen molar-refractivity contribution in [2.24, 2.45) is 0 Å². The predicted molar refractivity (Wildman–Crippen MR) is 81.6 cm³/mol. The lowest BCUT2D eigenvalue weighted by molar-refractivity contribution is -0.00485. The second-order valence-corrected chi connectivity index (χ2v) is 5.38. The first-order valence-electron chi connectivity index (χ1n) is 7.80. The van der Waals surface area contributed by atoms with Crippen molar-refractivity contribution in [3.8, 4) is 0 Å². The summed E-state index contributed by atoms with van der Waals surface area (Å²) in [6.45, 7) is 9.13. The molecule has 0 aliphatic carbocycles. The summed E-state index contributed by atoms with van der Waals surface area (Å²) in [7, 11) is 0. The number of rotatable bonds is 7. The van der Waals surface area contributed by atoms with Crippen LogP contribution < -0.4 is 5.32 Å². The maximum Gasteiger partial charge on any atom is 0.0637 e. The first-order valence-corrected chi connectivity index (χ1v) is 7.80. The standard InChI is InChI=1S/C16H27N3O/c1-3-9-18-15-8-11-20-13-16(15)19(4-2)12-14-7-5-6-10-17-14/h5-7,10,15-16,18H,3-4,8-9,11-13H2,1-2H3. The van der Waals surface area contributed by atoms with Crippen LogP contribution in [-0.4, -0.2) is 48.3 Å². The van der Waals surface area contributed by atoms with Crippen molar-refractivity contribution in [1.82, 2.24) is 15.2 Å². The molecule has 4 nitrogen and oxygen atoms in total. The monoisotopic (exact) mass is 277 g/mol. The van der Waals surface area contributed by atoms with Crippen LogP contribution in [0, 0.1) is 0 Å². The summed E-state index contributed by atoms with van der Waals surface area (Å²) in [5.74, 6) is 0. The van der Waals surface area contributed by atoms with E-state index in [-0.39, 0.29) is 0 Å². The highest BCUT2D eigenvalue weighted by Gasteiger charge is 2.29. The highest BCUT2D eigenvalue weighted by atomic mass is 16.5. The molecule has 2 rings (SSSR count). The Hall–Kier alpha value is -0.970. The Morgan fingerprint density at radius 3 is 3.00 bits per heavy atom. The van der Waals surface area contributed by atoms with E-state index < -0.39 is 0 Å². The van der Waals surface area contributed by atoms with Gasteiger partial charge in [-0.2, -0.15) is 0 Å². The third-order valence-electron chi connectivity index (χ3n) is 3.95. The molecule has 4 heteroatoms. The van der Waals surface area contributed by atoms with Crippen LogP contribution >= 0.6 is 0 Å². The number of ether oxygens (including phenoxy) is 1. The minimum atomic E-state index is 0.447. The molecule has 0 saturated carbocycles. The third-order valence-corrected chi connectivity index (χ3v) is 3.95.